The summed E-state index contributed by atoms with van der Waals surface area (Å²) in [4.78, 5) is 12.2. The summed E-state index contributed by atoms with van der Waals surface area (Å²) in [6, 6.07) is 4.84. The van der Waals surface area contributed by atoms with E-state index in [0.29, 0.717) is 11.1 Å². The minimum Gasteiger partial charge on any atom is -0.294 e. The Morgan fingerprint density at radius 2 is 1.82 bits per heavy atom. The van der Waals surface area contributed by atoms with Crippen molar-refractivity contribution in [1.82, 2.24) is 0 Å². The molecule has 0 N–H and O–H groups in total. The number of ketones is 1. The Labute approximate surface area is 102 Å². The number of benzene rings is 1. The third-order valence-electron chi connectivity index (χ3n) is 3.68. The molecule has 1 aliphatic carbocycles. The maximum Gasteiger partial charge on any atom is 0.166 e. The van der Waals surface area contributed by atoms with Gasteiger partial charge in [-0.05, 0) is 31.4 Å². The Morgan fingerprint density at radius 3 is 2.41 bits per heavy atom. The number of carbonyl (C=O) groups is 1. The van der Waals surface area contributed by atoms with Gasteiger partial charge >= 0.3 is 0 Å². The molecule has 1 aromatic rings. The molecule has 1 aromatic carbocycles. The summed E-state index contributed by atoms with van der Waals surface area (Å²) in [6.07, 6.45) is 6.65. The molecule has 0 amide bonds. The molecule has 0 unspecified atom stereocenters. The predicted octanol–water partition coefficient (Wildman–Crippen LogP) is 4.29. The van der Waals surface area contributed by atoms with Gasteiger partial charge in [-0.1, -0.05) is 37.8 Å². The van der Waals surface area contributed by atoms with Crippen molar-refractivity contribution in [2.24, 2.45) is 5.92 Å². The molecule has 2 heteroatoms. The molecule has 0 aromatic heterocycles. The van der Waals surface area contributed by atoms with E-state index < -0.39 is 0 Å². The highest BCUT2D eigenvalue weighted by Crippen LogP contribution is 2.26. The molecular weight excluding hydrogens is 215 g/mol. The molecule has 92 valence electrons. The van der Waals surface area contributed by atoms with Crippen LogP contribution in [0.25, 0.3) is 0 Å². The zero-order chi connectivity index (χ0) is 12.3. The van der Waals surface area contributed by atoms with Crippen molar-refractivity contribution in [3.63, 3.8) is 0 Å². The maximum absolute atomic E-state index is 13.4. The molecule has 0 saturated heterocycles. The number of rotatable bonds is 2. The van der Waals surface area contributed by atoms with Gasteiger partial charge in [0.25, 0.3) is 0 Å². The number of Topliss-reactive ketones (excluding diaryl/α,β-unsaturated/α-hetero) is 1. The lowest BCUT2D eigenvalue weighted by Gasteiger charge is -2.13. The quantitative estimate of drug-likeness (QED) is 0.551. The molecule has 1 saturated carbocycles. The first kappa shape index (κ1) is 12.3. The van der Waals surface area contributed by atoms with Crippen molar-refractivity contribution in [3.05, 3.63) is 35.1 Å². The number of hydrogen-bond acceptors (Lipinski definition) is 1. The van der Waals surface area contributed by atoms with Gasteiger partial charge in [-0.2, -0.15) is 0 Å². The fourth-order valence-corrected chi connectivity index (χ4v) is 2.52. The van der Waals surface area contributed by atoms with Crippen LogP contribution >= 0.6 is 0 Å². The van der Waals surface area contributed by atoms with Crippen molar-refractivity contribution < 1.29 is 9.18 Å². The van der Waals surface area contributed by atoms with E-state index >= 15 is 0 Å². The van der Waals surface area contributed by atoms with Crippen molar-refractivity contribution in [2.45, 2.75) is 45.4 Å². The van der Waals surface area contributed by atoms with E-state index in [9.17, 15) is 9.18 Å². The van der Waals surface area contributed by atoms with Crippen LogP contribution in [0.15, 0.2) is 18.2 Å². The van der Waals surface area contributed by atoms with Crippen LogP contribution in [0.3, 0.4) is 0 Å². The van der Waals surface area contributed by atoms with Gasteiger partial charge in [-0.25, -0.2) is 4.39 Å². The molecule has 1 fully saturated rings. The van der Waals surface area contributed by atoms with Gasteiger partial charge in [0.05, 0.1) is 0 Å². The van der Waals surface area contributed by atoms with E-state index in [0.717, 1.165) is 25.7 Å². The Kier molecular flexibility index (Phi) is 3.93. The predicted molar refractivity (Wildman–Crippen MR) is 66.7 cm³/mol. The van der Waals surface area contributed by atoms with Crippen LogP contribution in [0, 0.1) is 18.7 Å². The lowest BCUT2D eigenvalue weighted by atomic mass is 9.91. The van der Waals surface area contributed by atoms with Gasteiger partial charge in [-0.3, -0.25) is 4.79 Å². The molecule has 0 aliphatic heterocycles. The smallest absolute Gasteiger partial charge is 0.166 e. The first-order valence-corrected chi connectivity index (χ1v) is 6.49. The molecule has 0 atom stereocenters. The average Bonchev–Trinajstić information content (AvgIpc) is 2.60. The monoisotopic (exact) mass is 234 g/mol. The second-order valence-corrected chi connectivity index (χ2v) is 5.02. The molecule has 0 bridgehead atoms. The van der Waals surface area contributed by atoms with Crippen molar-refractivity contribution in [3.8, 4) is 0 Å². The van der Waals surface area contributed by atoms with Crippen molar-refractivity contribution in [1.29, 1.82) is 0 Å². The highest BCUT2D eigenvalue weighted by atomic mass is 19.1. The summed E-state index contributed by atoms with van der Waals surface area (Å²) in [6.45, 7) is 1.72. The number of hydrogen-bond donors (Lipinski definition) is 0. The fraction of sp³-hybridized carbons (Fsp3) is 0.533. The van der Waals surface area contributed by atoms with Crippen LogP contribution in [0.1, 0.15) is 54.4 Å². The van der Waals surface area contributed by atoms with Crippen LogP contribution in [-0.2, 0) is 0 Å². The van der Waals surface area contributed by atoms with Crippen LogP contribution in [0.5, 0.6) is 0 Å². The third kappa shape index (κ3) is 2.93. The minimum atomic E-state index is -0.274. The summed E-state index contributed by atoms with van der Waals surface area (Å²) >= 11 is 0. The lowest BCUT2D eigenvalue weighted by Crippen LogP contribution is -2.14. The Balaban J connectivity index is 2.14. The summed E-state index contributed by atoms with van der Waals surface area (Å²) in [5.41, 5.74) is 1.14. The molecule has 1 nitrogen and oxygen atoms in total. The summed E-state index contributed by atoms with van der Waals surface area (Å²) < 4.78 is 13.4. The van der Waals surface area contributed by atoms with Crippen LogP contribution < -0.4 is 0 Å². The average molecular weight is 234 g/mol. The van der Waals surface area contributed by atoms with Crippen LogP contribution in [-0.4, -0.2) is 5.78 Å². The molecule has 1 aliphatic rings. The van der Waals surface area contributed by atoms with Gasteiger partial charge in [0, 0.05) is 11.5 Å². The number of aryl methyl sites for hydroxylation is 1. The maximum atomic E-state index is 13.4. The number of carbonyl (C=O) groups excluding carboxylic acids is 1. The topological polar surface area (TPSA) is 17.1 Å². The standard InChI is InChI=1S/C15H19FO/c1-11-8-9-13(10-14(11)16)15(17)12-6-4-2-3-5-7-12/h8-10,12H,2-7H2,1H3. The Hall–Kier alpha value is -1.18. The zero-order valence-corrected chi connectivity index (χ0v) is 10.3. The van der Waals surface area contributed by atoms with Gasteiger partial charge in [0.15, 0.2) is 5.78 Å². The van der Waals surface area contributed by atoms with Gasteiger partial charge in [0.2, 0.25) is 0 Å². The van der Waals surface area contributed by atoms with E-state index in [1.807, 2.05) is 0 Å². The van der Waals surface area contributed by atoms with E-state index in [4.69, 9.17) is 0 Å². The fourth-order valence-electron chi connectivity index (χ4n) is 2.52. The van der Waals surface area contributed by atoms with Crippen molar-refractivity contribution >= 4 is 5.78 Å². The lowest BCUT2D eigenvalue weighted by molar-refractivity contribution is 0.0907. The highest BCUT2D eigenvalue weighted by molar-refractivity contribution is 5.97. The highest BCUT2D eigenvalue weighted by Gasteiger charge is 2.21. The van der Waals surface area contributed by atoms with Gasteiger partial charge in [-0.15, -0.1) is 0 Å². The normalized spacial score (nSPS) is 17.8. The Bertz CT molecular complexity index is 403. The molecule has 0 spiro atoms. The van der Waals surface area contributed by atoms with Crippen LogP contribution in [0.2, 0.25) is 0 Å². The first-order valence-electron chi connectivity index (χ1n) is 6.49. The molecule has 0 radical (unpaired) electrons. The van der Waals surface area contributed by atoms with Gasteiger partial charge in [0.1, 0.15) is 5.82 Å². The Morgan fingerprint density at radius 1 is 1.18 bits per heavy atom. The number of halogens is 1. The summed E-state index contributed by atoms with van der Waals surface area (Å²) in [7, 11) is 0. The summed E-state index contributed by atoms with van der Waals surface area (Å²) in [5.74, 6) is -0.0325. The largest absolute Gasteiger partial charge is 0.294 e. The van der Waals surface area contributed by atoms with E-state index in [-0.39, 0.29) is 17.5 Å². The van der Waals surface area contributed by atoms with E-state index in [1.54, 1.807) is 19.1 Å². The van der Waals surface area contributed by atoms with Crippen molar-refractivity contribution in [2.75, 3.05) is 0 Å². The molecule has 2 rings (SSSR count). The SMILES string of the molecule is Cc1ccc(C(=O)C2CCCCCC2)cc1F. The molecule has 0 heterocycles. The molecular formula is C15H19FO. The third-order valence-corrected chi connectivity index (χ3v) is 3.68. The second kappa shape index (κ2) is 5.44. The van der Waals surface area contributed by atoms with Gasteiger partial charge < -0.3 is 0 Å². The second-order valence-electron chi connectivity index (χ2n) is 5.02. The van der Waals surface area contributed by atoms with E-state index in [1.165, 1.54) is 18.9 Å². The van der Waals surface area contributed by atoms with E-state index in [2.05, 4.69) is 0 Å². The summed E-state index contributed by atoms with van der Waals surface area (Å²) in [5, 5.41) is 0. The van der Waals surface area contributed by atoms with Crippen LogP contribution in [0.4, 0.5) is 4.39 Å². The first-order chi connectivity index (χ1) is 8.18. The molecule has 17 heavy (non-hydrogen) atoms. The zero-order valence-electron chi connectivity index (χ0n) is 10.3. The minimum absolute atomic E-state index is 0.111.